The lowest BCUT2D eigenvalue weighted by molar-refractivity contribution is 0.660. The van der Waals surface area contributed by atoms with E-state index in [0.29, 0.717) is 0 Å². The monoisotopic (exact) mass is 548 g/mol. The molecule has 0 saturated heterocycles. The zero-order valence-electron chi connectivity index (χ0n) is 24.6. The molecule has 0 radical (unpaired) electrons. The predicted octanol–water partition coefficient (Wildman–Crippen LogP) is 11.7. The van der Waals surface area contributed by atoms with Crippen molar-refractivity contribution in [1.82, 2.24) is 0 Å². The van der Waals surface area contributed by atoms with Crippen LogP contribution in [0.1, 0.15) is 42.5 Å². The van der Waals surface area contributed by atoms with Gasteiger partial charge in [-0.2, -0.15) is 0 Å². The quantitative estimate of drug-likeness (QED) is 0.189. The molecule has 0 N–H and O–H groups in total. The molecule has 9 rings (SSSR count). The maximum absolute atomic E-state index is 2.42. The van der Waals surface area contributed by atoms with E-state index < -0.39 is 0 Å². The van der Waals surface area contributed by atoms with Crippen LogP contribution in [0.5, 0.6) is 0 Å². The van der Waals surface area contributed by atoms with Crippen LogP contribution in [-0.4, -0.2) is 0 Å². The molecule has 7 aromatic rings. The summed E-state index contributed by atoms with van der Waals surface area (Å²) >= 11 is 0. The minimum atomic E-state index is 0.00302. The van der Waals surface area contributed by atoms with Crippen LogP contribution in [-0.2, 0) is 11.8 Å². The Kier molecular flexibility index (Phi) is 5.17. The molecular formula is C43H32. The molecule has 204 valence electrons. The van der Waals surface area contributed by atoms with E-state index in [-0.39, 0.29) is 5.41 Å². The Morgan fingerprint density at radius 1 is 0.512 bits per heavy atom. The average molecular weight is 549 g/mol. The molecule has 0 spiro atoms. The van der Waals surface area contributed by atoms with Crippen LogP contribution in [0.25, 0.3) is 71.8 Å². The third kappa shape index (κ3) is 3.56. The largest absolute Gasteiger partial charge is 0.0836 e. The number of hydrogen-bond donors (Lipinski definition) is 0. The summed E-state index contributed by atoms with van der Waals surface area (Å²) in [5.41, 5.74) is 13.5. The van der Waals surface area contributed by atoms with Crippen molar-refractivity contribution in [3.05, 3.63) is 150 Å². The topological polar surface area (TPSA) is 0 Å². The van der Waals surface area contributed by atoms with Gasteiger partial charge in [-0.3, -0.25) is 0 Å². The summed E-state index contributed by atoms with van der Waals surface area (Å²) in [6.45, 7) is 4.71. The molecule has 0 aromatic heterocycles. The van der Waals surface area contributed by atoms with Crippen molar-refractivity contribution in [1.29, 1.82) is 0 Å². The summed E-state index contributed by atoms with van der Waals surface area (Å²) in [5, 5.41) is 8.03. The molecule has 7 aromatic carbocycles. The van der Waals surface area contributed by atoms with Crippen molar-refractivity contribution in [3.8, 4) is 33.4 Å². The molecule has 0 unspecified atom stereocenters. The summed E-state index contributed by atoms with van der Waals surface area (Å²) in [5.74, 6) is 0. The maximum Gasteiger partial charge on any atom is 0.0159 e. The number of allylic oxidation sites excluding steroid dienone is 1. The van der Waals surface area contributed by atoms with Gasteiger partial charge in [0.25, 0.3) is 0 Å². The zero-order chi connectivity index (χ0) is 28.7. The molecule has 0 nitrogen and oxygen atoms in total. The first kappa shape index (κ1) is 24.6. The van der Waals surface area contributed by atoms with E-state index in [1.165, 1.54) is 88.0 Å². The Hall–Kier alpha value is -4.94. The van der Waals surface area contributed by atoms with Gasteiger partial charge in [0.05, 0.1) is 0 Å². The van der Waals surface area contributed by atoms with E-state index in [1.54, 1.807) is 0 Å². The minimum absolute atomic E-state index is 0.00302. The van der Waals surface area contributed by atoms with Crippen LogP contribution >= 0.6 is 0 Å². The second-order valence-electron chi connectivity index (χ2n) is 12.8. The molecule has 2 aliphatic rings. The minimum Gasteiger partial charge on any atom is -0.0836 e. The molecule has 0 bridgehead atoms. The van der Waals surface area contributed by atoms with E-state index in [2.05, 4.69) is 147 Å². The van der Waals surface area contributed by atoms with Crippen molar-refractivity contribution >= 4 is 38.4 Å². The molecule has 43 heavy (non-hydrogen) atoms. The lowest BCUT2D eigenvalue weighted by atomic mass is 9.81. The smallest absolute Gasteiger partial charge is 0.0159 e. The highest BCUT2D eigenvalue weighted by Crippen LogP contribution is 2.49. The first-order chi connectivity index (χ1) is 21.1. The first-order valence-corrected chi connectivity index (χ1v) is 15.5. The molecule has 0 amide bonds. The van der Waals surface area contributed by atoms with E-state index in [9.17, 15) is 0 Å². The molecular weight excluding hydrogens is 516 g/mol. The standard InChI is InChI=1S/C43H32/c1-43(2)39-14-8-7-13-35(39)36-23-22-31(26-40(36)43)27-15-17-30(18-16-27)38-25-32-20-19-28-9-3-5-11-33(28)41(32)42-34-12-6-4-10-29(34)21-24-37(38)42/h4-8,10-26H,3,9H2,1-2H3. The summed E-state index contributed by atoms with van der Waals surface area (Å²) in [7, 11) is 0. The molecule has 0 heterocycles. The van der Waals surface area contributed by atoms with Gasteiger partial charge in [0.2, 0.25) is 0 Å². The van der Waals surface area contributed by atoms with Crippen molar-refractivity contribution in [2.24, 2.45) is 0 Å². The van der Waals surface area contributed by atoms with Gasteiger partial charge >= 0.3 is 0 Å². The highest BCUT2D eigenvalue weighted by Gasteiger charge is 2.35. The third-order valence-corrected chi connectivity index (χ3v) is 10.1. The van der Waals surface area contributed by atoms with Gasteiger partial charge < -0.3 is 0 Å². The summed E-state index contributed by atoms with van der Waals surface area (Å²) in [6, 6.07) is 45.7. The van der Waals surface area contributed by atoms with E-state index in [0.717, 1.165) is 12.8 Å². The molecule has 0 heteroatoms. The van der Waals surface area contributed by atoms with E-state index in [4.69, 9.17) is 0 Å². The number of rotatable bonds is 2. The average Bonchev–Trinajstić information content (AvgIpc) is 3.29. The lowest BCUT2D eigenvalue weighted by Crippen LogP contribution is -2.14. The number of aryl methyl sites for hydroxylation is 1. The highest BCUT2D eigenvalue weighted by molar-refractivity contribution is 6.26. The van der Waals surface area contributed by atoms with Crippen molar-refractivity contribution in [2.75, 3.05) is 0 Å². The van der Waals surface area contributed by atoms with Crippen LogP contribution in [0, 0.1) is 0 Å². The fourth-order valence-corrected chi connectivity index (χ4v) is 7.89. The van der Waals surface area contributed by atoms with Gasteiger partial charge in [-0.05, 0) is 113 Å². The van der Waals surface area contributed by atoms with Gasteiger partial charge in [-0.1, -0.05) is 135 Å². The molecule has 0 saturated carbocycles. The normalized spacial score (nSPS) is 14.7. The van der Waals surface area contributed by atoms with Crippen molar-refractivity contribution in [3.63, 3.8) is 0 Å². The van der Waals surface area contributed by atoms with Gasteiger partial charge in [0.1, 0.15) is 0 Å². The van der Waals surface area contributed by atoms with Crippen LogP contribution in [0.2, 0.25) is 0 Å². The first-order valence-electron chi connectivity index (χ1n) is 15.5. The lowest BCUT2D eigenvalue weighted by Gasteiger charge is -2.22. The summed E-state index contributed by atoms with van der Waals surface area (Å²) in [6.07, 6.45) is 6.93. The Balaban J connectivity index is 1.21. The van der Waals surface area contributed by atoms with Crippen LogP contribution in [0.4, 0.5) is 0 Å². The van der Waals surface area contributed by atoms with Gasteiger partial charge in [-0.25, -0.2) is 0 Å². The number of hydrogen-bond acceptors (Lipinski definition) is 0. The van der Waals surface area contributed by atoms with Crippen LogP contribution in [0.15, 0.2) is 127 Å². The fraction of sp³-hybridized carbons (Fsp3) is 0.116. The molecule has 0 atom stereocenters. The summed E-state index contributed by atoms with van der Waals surface area (Å²) in [4.78, 5) is 0. The Bertz CT molecular complexity index is 2290. The van der Waals surface area contributed by atoms with Crippen molar-refractivity contribution < 1.29 is 0 Å². The SMILES string of the molecule is CC1(C)c2ccccc2-c2ccc(-c3ccc(-c4cc5ccc6c(c5c5c4ccc4ccccc45)C=CCC6)cc3)cc21. The second-order valence-corrected chi connectivity index (χ2v) is 12.8. The van der Waals surface area contributed by atoms with Gasteiger partial charge in [0, 0.05) is 5.41 Å². The van der Waals surface area contributed by atoms with Crippen LogP contribution < -0.4 is 0 Å². The third-order valence-electron chi connectivity index (χ3n) is 10.1. The van der Waals surface area contributed by atoms with Crippen molar-refractivity contribution in [2.45, 2.75) is 32.1 Å². The number of fused-ring (bicyclic) bond motifs is 10. The van der Waals surface area contributed by atoms with E-state index in [1.807, 2.05) is 0 Å². The summed E-state index contributed by atoms with van der Waals surface area (Å²) < 4.78 is 0. The Morgan fingerprint density at radius 2 is 1.26 bits per heavy atom. The Labute approximate surface area is 253 Å². The second kappa shape index (κ2) is 9.03. The molecule has 0 aliphatic heterocycles. The Morgan fingerprint density at radius 3 is 2.16 bits per heavy atom. The fourth-order valence-electron chi connectivity index (χ4n) is 7.89. The van der Waals surface area contributed by atoms with E-state index >= 15 is 0 Å². The predicted molar refractivity (Wildman–Crippen MR) is 185 cm³/mol. The van der Waals surface area contributed by atoms with Crippen LogP contribution in [0.3, 0.4) is 0 Å². The molecule has 0 fully saturated rings. The van der Waals surface area contributed by atoms with Gasteiger partial charge in [-0.15, -0.1) is 0 Å². The van der Waals surface area contributed by atoms with Gasteiger partial charge in [0.15, 0.2) is 0 Å². The zero-order valence-corrected chi connectivity index (χ0v) is 24.6. The number of benzene rings is 7. The maximum atomic E-state index is 2.42. The highest BCUT2D eigenvalue weighted by atomic mass is 14.4. The molecule has 2 aliphatic carbocycles.